The molecular weight excluding hydrogens is 278 g/mol. The number of benzene rings is 1. The van der Waals surface area contributed by atoms with E-state index in [-0.39, 0.29) is 0 Å². The summed E-state index contributed by atoms with van der Waals surface area (Å²) >= 11 is 1.78. The van der Waals surface area contributed by atoms with Crippen LogP contribution in [0.1, 0.15) is 30.7 Å². The lowest BCUT2D eigenvalue weighted by molar-refractivity contribution is 0.531. The highest BCUT2D eigenvalue weighted by Crippen LogP contribution is 2.31. The quantitative estimate of drug-likeness (QED) is 0.898. The van der Waals surface area contributed by atoms with Gasteiger partial charge in [-0.3, -0.25) is 0 Å². The number of hydrogen-bond acceptors (Lipinski definition) is 4. The zero-order chi connectivity index (χ0) is 14.7. The predicted molar refractivity (Wildman–Crippen MR) is 91.3 cm³/mol. The van der Waals surface area contributed by atoms with E-state index in [0.717, 1.165) is 31.2 Å². The van der Waals surface area contributed by atoms with Gasteiger partial charge < -0.3 is 10.2 Å². The van der Waals surface area contributed by atoms with Crippen LogP contribution in [0, 0.1) is 5.92 Å². The maximum atomic E-state index is 4.47. The largest absolute Gasteiger partial charge is 0.366 e. The van der Waals surface area contributed by atoms with Gasteiger partial charge in [0.1, 0.15) is 0 Å². The Morgan fingerprint density at radius 1 is 1.38 bits per heavy atom. The van der Waals surface area contributed by atoms with E-state index in [1.54, 1.807) is 11.3 Å². The summed E-state index contributed by atoms with van der Waals surface area (Å²) < 4.78 is 0. The SMILES string of the molecule is CCCNc1ncc(CN2CC(C)Cc3ccccc32)s1. The van der Waals surface area contributed by atoms with Crippen LogP contribution in [-0.2, 0) is 13.0 Å². The number of fused-ring (bicyclic) bond motifs is 1. The van der Waals surface area contributed by atoms with Gasteiger partial charge in [-0.15, -0.1) is 11.3 Å². The third kappa shape index (κ3) is 3.38. The third-order valence-electron chi connectivity index (χ3n) is 3.86. The van der Waals surface area contributed by atoms with Gasteiger partial charge in [0.25, 0.3) is 0 Å². The van der Waals surface area contributed by atoms with Crippen molar-refractivity contribution in [3.8, 4) is 0 Å². The van der Waals surface area contributed by atoms with Crippen molar-refractivity contribution >= 4 is 22.2 Å². The smallest absolute Gasteiger partial charge is 0.182 e. The fraction of sp³-hybridized carbons (Fsp3) is 0.471. The average molecular weight is 301 g/mol. The summed E-state index contributed by atoms with van der Waals surface area (Å²) in [7, 11) is 0. The van der Waals surface area contributed by atoms with Gasteiger partial charge in [-0.2, -0.15) is 0 Å². The molecule has 0 spiro atoms. The van der Waals surface area contributed by atoms with E-state index in [2.05, 4.69) is 53.3 Å². The maximum absolute atomic E-state index is 4.47. The van der Waals surface area contributed by atoms with Crippen molar-refractivity contribution in [2.45, 2.75) is 33.2 Å². The van der Waals surface area contributed by atoms with Crippen LogP contribution in [0.4, 0.5) is 10.8 Å². The van der Waals surface area contributed by atoms with Gasteiger partial charge in [0.2, 0.25) is 0 Å². The molecule has 3 nitrogen and oxygen atoms in total. The Labute approximate surface area is 131 Å². The molecule has 1 aromatic carbocycles. The van der Waals surface area contributed by atoms with Crippen molar-refractivity contribution in [3.05, 3.63) is 40.9 Å². The average Bonchev–Trinajstić information content (AvgIpc) is 2.92. The molecule has 0 radical (unpaired) electrons. The van der Waals surface area contributed by atoms with Gasteiger partial charge in [0, 0.05) is 29.9 Å². The number of aromatic nitrogens is 1. The van der Waals surface area contributed by atoms with Crippen LogP contribution < -0.4 is 10.2 Å². The van der Waals surface area contributed by atoms with E-state index >= 15 is 0 Å². The molecule has 21 heavy (non-hydrogen) atoms. The number of nitrogens with one attached hydrogen (secondary N) is 1. The summed E-state index contributed by atoms with van der Waals surface area (Å²) in [4.78, 5) is 8.31. The van der Waals surface area contributed by atoms with E-state index in [4.69, 9.17) is 0 Å². The lowest BCUT2D eigenvalue weighted by Crippen LogP contribution is -2.33. The molecule has 1 aromatic heterocycles. The molecule has 0 saturated heterocycles. The van der Waals surface area contributed by atoms with Gasteiger partial charge in [0.05, 0.1) is 6.54 Å². The molecule has 4 heteroatoms. The number of anilines is 2. The standard InChI is InChI=1S/C17H23N3S/c1-3-8-18-17-19-10-15(21-17)12-20-11-13(2)9-14-6-4-5-7-16(14)20/h4-7,10,13H,3,8-9,11-12H2,1-2H3,(H,18,19). The summed E-state index contributed by atoms with van der Waals surface area (Å²) in [6.45, 7) is 7.60. The summed E-state index contributed by atoms with van der Waals surface area (Å²) in [5, 5.41) is 4.42. The fourth-order valence-electron chi connectivity index (χ4n) is 2.94. The van der Waals surface area contributed by atoms with Crippen LogP contribution >= 0.6 is 11.3 Å². The molecule has 1 aliphatic heterocycles. The number of hydrogen-bond donors (Lipinski definition) is 1. The number of thiazole rings is 1. The van der Waals surface area contributed by atoms with Crippen LogP contribution in [-0.4, -0.2) is 18.1 Å². The first-order valence-corrected chi connectivity index (χ1v) is 8.59. The molecule has 0 fully saturated rings. The van der Waals surface area contributed by atoms with Crippen molar-refractivity contribution in [1.82, 2.24) is 4.98 Å². The number of rotatable bonds is 5. The Morgan fingerprint density at radius 3 is 3.10 bits per heavy atom. The first kappa shape index (κ1) is 14.4. The highest BCUT2D eigenvalue weighted by atomic mass is 32.1. The zero-order valence-electron chi connectivity index (χ0n) is 12.8. The molecule has 0 bridgehead atoms. The predicted octanol–water partition coefficient (Wildman–Crippen LogP) is 4.16. The molecule has 2 aromatic rings. The zero-order valence-corrected chi connectivity index (χ0v) is 13.6. The minimum Gasteiger partial charge on any atom is -0.366 e. The van der Waals surface area contributed by atoms with Gasteiger partial charge in [-0.05, 0) is 30.4 Å². The number of nitrogens with zero attached hydrogens (tertiary/aromatic N) is 2. The molecule has 1 aliphatic rings. The van der Waals surface area contributed by atoms with E-state index in [1.165, 1.54) is 22.5 Å². The minimum absolute atomic E-state index is 0.713. The Balaban J connectivity index is 1.74. The lowest BCUT2D eigenvalue weighted by Gasteiger charge is -2.34. The minimum atomic E-state index is 0.713. The lowest BCUT2D eigenvalue weighted by atomic mass is 9.94. The molecule has 112 valence electrons. The molecule has 0 saturated carbocycles. The van der Waals surface area contributed by atoms with Crippen molar-refractivity contribution in [2.75, 3.05) is 23.3 Å². The monoisotopic (exact) mass is 301 g/mol. The molecule has 3 rings (SSSR count). The Hall–Kier alpha value is -1.55. The molecule has 2 heterocycles. The van der Waals surface area contributed by atoms with Crippen molar-refractivity contribution < 1.29 is 0 Å². The highest BCUT2D eigenvalue weighted by Gasteiger charge is 2.21. The molecular formula is C17H23N3S. The summed E-state index contributed by atoms with van der Waals surface area (Å²) in [5.41, 5.74) is 2.87. The van der Waals surface area contributed by atoms with Crippen LogP contribution in [0.2, 0.25) is 0 Å². The van der Waals surface area contributed by atoms with Crippen molar-refractivity contribution in [3.63, 3.8) is 0 Å². The second-order valence-electron chi connectivity index (χ2n) is 5.88. The molecule has 1 atom stereocenters. The van der Waals surface area contributed by atoms with Crippen LogP contribution in [0.3, 0.4) is 0 Å². The van der Waals surface area contributed by atoms with E-state index in [0.29, 0.717) is 5.92 Å². The molecule has 0 aliphatic carbocycles. The molecule has 0 amide bonds. The van der Waals surface area contributed by atoms with Crippen LogP contribution in [0.25, 0.3) is 0 Å². The fourth-order valence-corrected chi connectivity index (χ4v) is 3.79. The highest BCUT2D eigenvalue weighted by molar-refractivity contribution is 7.15. The first-order chi connectivity index (χ1) is 10.3. The van der Waals surface area contributed by atoms with E-state index < -0.39 is 0 Å². The van der Waals surface area contributed by atoms with Gasteiger partial charge in [-0.1, -0.05) is 32.0 Å². The van der Waals surface area contributed by atoms with Gasteiger partial charge >= 0.3 is 0 Å². The van der Waals surface area contributed by atoms with Crippen LogP contribution in [0.15, 0.2) is 30.5 Å². The second kappa shape index (κ2) is 6.48. The Kier molecular flexibility index (Phi) is 4.44. The summed E-state index contributed by atoms with van der Waals surface area (Å²) in [6.07, 6.45) is 4.34. The third-order valence-corrected chi connectivity index (χ3v) is 4.80. The molecule has 1 unspecified atom stereocenters. The van der Waals surface area contributed by atoms with Gasteiger partial charge in [-0.25, -0.2) is 4.98 Å². The Morgan fingerprint density at radius 2 is 2.24 bits per heavy atom. The Bertz CT molecular complexity index is 593. The normalized spacial score (nSPS) is 17.6. The van der Waals surface area contributed by atoms with E-state index in [1.807, 2.05) is 6.20 Å². The maximum Gasteiger partial charge on any atom is 0.182 e. The summed E-state index contributed by atoms with van der Waals surface area (Å²) in [6, 6.07) is 8.80. The summed E-state index contributed by atoms with van der Waals surface area (Å²) in [5.74, 6) is 0.713. The second-order valence-corrected chi connectivity index (χ2v) is 6.99. The van der Waals surface area contributed by atoms with Gasteiger partial charge in [0.15, 0.2) is 5.13 Å². The van der Waals surface area contributed by atoms with Crippen LogP contribution in [0.5, 0.6) is 0 Å². The number of para-hydroxylation sites is 1. The molecule has 1 N–H and O–H groups in total. The first-order valence-electron chi connectivity index (χ1n) is 7.77. The van der Waals surface area contributed by atoms with E-state index in [9.17, 15) is 0 Å². The van der Waals surface area contributed by atoms with Crippen molar-refractivity contribution in [2.24, 2.45) is 5.92 Å². The van der Waals surface area contributed by atoms with Crippen molar-refractivity contribution in [1.29, 1.82) is 0 Å². The topological polar surface area (TPSA) is 28.2 Å².